The van der Waals surface area contributed by atoms with Crippen LogP contribution in [0.3, 0.4) is 0 Å². The fraction of sp³-hybridized carbons (Fsp3) is 0.533. The molecule has 1 saturated carbocycles. The molecule has 0 heterocycles. The number of para-hydroxylation sites is 1. The Hall–Kier alpha value is -1.71. The highest BCUT2D eigenvalue weighted by Crippen LogP contribution is 2.40. The Balaban J connectivity index is 2.24. The van der Waals surface area contributed by atoms with E-state index in [9.17, 15) is 4.79 Å². The number of benzene rings is 1. The van der Waals surface area contributed by atoms with E-state index in [1.54, 1.807) is 6.07 Å². The topological polar surface area (TPSA) is 64.3 Å². The van der Waals surface area contributed by atoms with Crippen LogP contribution >= 0.6 is 0 Å². The Morgan fingerprint density at radius 3 is 2.79 bits per heavy atom. The molecule has 0 aliphatic heterocycles. The molecule has 1 atom stereocenters. The maximum atomic E-state index is 11.6. The molecule has 1 aromatic rings. The molecule has 1 unspecified atom stereocenters. The molecule has 3 N–H and O–H groups in total. The number of carbonyl (C=O) groups is 1. The Morgan fingerprint density at radius 1 is 1.47 bits per heavy atom. The maximum absolute atomic E-state index is 11.6. The standard InChI is InChI=1S/C15H22N2O2/c1-15(2)9-5-8-12(15)17-11-7-4-6-10(13(11)16)14(18)19-3/h4,6-7,12,17H,5,8-9,16H2,1-3H3. The first-order valence-electron chi connectivity index (χ1n) is 6.69. The molecule has 0 spiro atoms. The van der Waals surface area contributed by atoms with Gasteiger partial charge in [-0.3, -0.25) is 0 Å². The number of esters is 1. The summed E-state index contributed by atoms with van der Waals surface area (Å²) in [6, 6.07) is 5.82. The van der Waals surface area contributed by atoms with Crippen LogP contribution < -0.4 is 11.1 Å². The van der Waals surface area contributed by atoms with Gasteiger partial charge in [-0.2, -0.15) is 0 Å². The van der Waals surface area contributed by atoms with Crippen molar-refractivity contribution in [3.8, 4) is 0 Å². The van der Waals surface area contributed by atoms with Crippen molar-refractivity contribution in [1.82, 2.24) is 0 Å². The normalized spacial score (nSPS) is 21.1. The van der Waals surface area contributed by atoms with Gasteiger partial charge in [0.1, 0.15) is 0 Å². The van der Waals surface area contributed by atoms with Crippen molar-refractivity contribution in [2.24, 2.45) is 5.41 Å². The van der Waals surface area contributed by atoms with E-state index in [-0.39, 0.29) is 5.41 Å². The zero-order valence-corrected chi connectivity index (χ0v) is 11.8. The number of ether oxygens (including phenoxy) is 1. The highest BCUT2D eigenvalue weighted by molar-refractivity contribution is 5.98. The molecule has 4 heteroatoms. The lowest BCUT2D eigenvalue weighted by atomic mass is 9.87. The first-order chi connectivity index (χ1) is 8.95. The van der Waals surface area contributed by atoms with Crippen LogP contribution in [0.15, 0.2) is 18.2 Å². The lowest BCUT2D eigenvalue weighted by Crippen LogP contribution is -2.31. The minimum Gasteiger partial charge on any atom is -0.465 e. The number of hydrogen-bond acceptors (Lipinski definition) is 4. The molecule has 1 fully saturated rings. The van der Waals surface area contributed by atoms with Gasteiger partial charge in [0.05, 0.1) is 24.0 Å². The molecule has 0 radical (unpaired) electrons. The van der Waals surface area contributed by atoms with Crippen LogP contribution in [0.2, 0.25) is 0 Å². The summed E-state index contributed by atoms with van der Waals surface area (Å²) in [6.45, 7) is 4.52. The van der Waals surface area contributed by atoms with Gasteiger partial charge >= 0.3 is 5.97 Å². The van der Waals surface area contributed by atoms with Crippen molar-refractivity contribution in [3.63, 3.8) is 0 Å². The molecule has 1 aliphatic carbocycles. The second-order valence-electron chi connectivity index (χ2n) is 5.84. The highest BCUT2D eigenvalue weighted by Gasteiger charge is 2.34. The number of nitrogens with two attached hydrogens (primary N) is 1. The van der Waals surface area contributed by atoms with E-state index in [1.165, 1.54) is 20.0 Å². The Bertz CT molecular complexity index is 483. The summed E-state index contributed by atoms with van der Waals surface area (Å²) >= 11 is 0. The van der Waals surface area contributed by atoms with Gasteiger partial charge in [-0.1, -0.05) is 26.3 Å². The van der Waals surface area contributed by atoms with E-state index in [0.717, 1.165) is 12.1 Å². The molecular formula is C15H22N2O2. The van der Waals surface area contributed by atoms with Crippen LogP contribution in [0.25, 0.3) is 0 Å². The monoisotopic (exact) mass is 262 g/mol. The van der Waals surface area contributed by atoms with Crippen LogP contribution in [0.1, 0.15) is 43.5 Å². The first-order valence-corrected chi connectivity index (χ1v) is 6.69. The second kappa shape index (κ2) is 5.11. The van der Waals surface area contributed by atoms with Crippen LogP contribution in [-0.4, -0.2) is 19.1 Å². The molecule has 0 saturated heterocycles. The van der Waals surface area contributed by atoms with Crippen LogP contribution in [-0.2, 0) is 4.74 Å². The number of anilines is 2. The molecule has 19 heavy (non-hydrogen) atoms. The van der Waals surface area contributed by atoms with Gasteiger partial charge in [-0.05, 0) is 30.4 Å². The summed E-state index contributed by atoms with van der Waals surface area (Å²) in [5.74, 6) is -0.396. The molecule has 0 bridgehead atoms. The predicted molar refractivity (Wildman–Crippen MR) is 77.2 cm³/mol. The van der Waals surface area contributed by atoms with Gasteiger partial charge in [0, 0.05) is 6.04 Å². The average Bonchev–Trinajstić information content (AvgIpc) is 2.70. The van der Waals surface area contributed by atoms with E-state index in [0.29, 0.717) is 17.3 Å². The SMILES string of the molecule is COC(=O)c1cccc(NC2CCCC2(C)C)c1N. The average molecular weight is 262 g/mol. The number of carbonyl (C=O) groups excluding carboxylic acids is 1. The van der Waals surface area contributed by atoms with Crippen molar-refractivity contribution >= 4 is 17.3 Å². The van der Waals surface area contributed by atoms with Crippen molar-refractivity contribution in [1.29, 1.82) is 0 Å². The third-order valence-electron chi connectivity index (χ3n) is 4.10. The molecule has 0 amide bonds. The Morgan fingerprint density at radius 2 is 2.21 bits per heavy atom. The largest absolute Gasteiger partial charge is 0.465 e. The molecule has 1 aliphatic rings. The smallest absolute Gasteiger partial charge is 0.340 e. The number of nitrogen functional groups attached to an aromatic ring is 1. The number of methoxy groups -OCH3 is 1. The summed E-state index contributed by atoms with van der Waals surface area (Å²) in [7, 11) is 1.36. The lowest BCUT2D eigenvalue weighted by molar-refractivity contribution is 0.0602. The van der Waals surface area contributed by atoms with Crippen molar-refractivity contribution in [2.45, 2.75) is 39.2 Å². The van der Waals surface area contributed by atoms with Gasteiger partial charge in [0.25, 0.3) is 0 Å². The Labute approximate surface area is 114 Å². The van der Waals surface area contributed by atoms with Gasteiger partial charge in [0.2, 0.25) is 0 Å². The third kappa shape index (κ3) is 2.67. The predicted octanol–water partition coefficient (Wildman–Crippen LogP) is 3.05. The summed E-state index contributed by atoms with van der Waals surface area (Å²) in [5.41, 5.74) is 8.03. The highest BCUT2D eigenvalue weighted by atomic mass is 16.5. The molecule has 4 nitrogen and oxygen atoms in total. The maximum Gasteiger partial charge on any atom is 0.340 e. The first kappa shape index (κ1) is 13.7. The molecule has 1 aromatic carbocycles. The van der Waals surface area contributed by atoms with Crippen molar-refractivity contribution < 1.29 is 9.53 Å². The molecule has 104 valence electrons. The van der Waals surface area contributed by atoms with Gasteiger partial charge in [-0.25, -0.2) is 4.79 Å². The minimum absolute atomic E-state index is 0.258. The quantitative estimate of drug-likeness (QED) is 0.649. The van der Waals surface area contributed by atoms with E-state index in [1.807, 2.05) is 12.1 Å². The number of hydrogen-bond donors (Lipinski definition) is 2. The third-order valence-corrected chi connectivity index (χ3v) is 4.10. The summed E-state index contributed by atoms with van der Waals surface area (Å²) in [4.78, 5) is 11.6. The van der Waals surface area contributed by atoms with Gasteiger partial charge < -0.3 is 15.8 Å². The van der Waals surface area contributed by atoms with Gasteiger partial charge in [-0.15, -0.1) is 0 Å². The van der Waals surface area contributed by atoms with Gasteiger partial charge in [0.15, 0.2) is 0 Å². The number of nitrogens with one attached hydrogen (secondary N) is 1. The molecular weight excluding hydrogens is 240 g/mol. The zero-order valence-electron chi connectivity index (χ0n) is 11.8. The summed E-state index contributed by atoms with van der Waals surface area (Å²) < 4.78 is 4.74. The lowest BCUT2D eigenvalue weighted by Gasteiger charge is -2.29. The van der Waals surface area contributed by atoms with E-state index in [4.69, 9.17) is 10.5 Å². The molecule has 0 aromatic heterocycles. The van der Waals surface area contributed by atoms with Crippen molar-refractivity contribution in [2.75, 3.05) is 18.2 Å². The van der Waals surface area contributed by atoms with E-state index >= 15 is 0 Å². The summed E-state index contributed by atoms with van der Waals surface area (Å²) in [6.07, 6.45) is 3.57. The Kier molecular flexibility index (Phi) is 3.69. The van der Waals surface area contributed by atoms with Crippen LogP contribution in [0.5, 0.6) is 0 Å². The number of rotatable bonds is 3. The van der Waals surface area contributed by atoms with E-state index in [2.05, 4.69) is 19.2 Å². The fourth-order valence-corrected chi connectivity index (χ4v) is 2.76. The summed E-state index contributed by atoms with van der Waals surface area (Å²) in [5, 5.41) is 3.49. The fourth-order valence-electron chi connectivity index (χ4n) is 2.76. The van der Waals surface area contributed by atoms with Crippen LogP contribution in [0.4, 0.5) is 11.4 Å². The zero-order chi connectivity index (χ0) is 14.0. The second-order valence-corrected chi connectivity index (χ2v) is 5.84. The minimum atomic E-state index is -0.396. The molecule has 2 rings (SSSR count). The van der Waals surface area contributed by atoms with Crippen molar-refractivity contribution in [3.05, 3.63) is 23.8 Å². The van der Waals surface area contributed by atoms with Crippen LogP contribution in [0, 0.1) is 5.41 Å². The van der Waals surface area contributed by atoms with E-state index < -0.39 is 5.97 Å².